The highest BCUT2D eigenvalue weighted by atomic mass is 32.2. The number of amides is 1. The SMILES string of the molecule is CC(C)N(CCC(=O)O)CC(=O)NC1CCS(=O)(=O)C1. The molecule has 0 aromatic heterocycles. The van der Waals surface area contributed by atoms with Crippen LogP contribution in [0.15, 0.2) is 0 Å². The van der Waals surface area contributed by atoms with Gasteiger partial charge in [0.05, 0.1) is 24.5 Å². The molecule has 1 fully saturated rings. The molecule has 1 heterocycles. The Morgan fingerprint density at radius 1 is 1.40 bits per heavy atom. The fourth-order valence-corrected chi connectivity index (χ4v) is 3.80. The molecule has 1 aliphatic heterocycles. The zero-order chi connectivity index (χ0) is 15.3. The van der Waals surface area contributed by atoms with Crippen LogP contribution < -0.4 is 5.32 Å². The molecule has 0 aliphatic carbocycles. The Morgan fingerprint density at radius 3 is 2.50 bits per heavy atom. The van der Waals surface area contributed by atoms with Gasteiger partial charge >= 0.3 is 5.97 Å². The molecule has 1 unspecified atom stereocenters. The van der Waals surface area contributed by atoms with E-state index in [2.05, 4.69) is 5.32 Å². The van der Waals surface area contributed by atoms with E-state index < -0.39 is 15.8 Å². The van der Waals surface area contributed by atoms with Crippen LogP contribution in [-0.2, 0) is 19.4 Å². The van der Waals surface area contributed by atoms with E-state index in [0.717, 1.165) is 0 Å². The van der Waals surface area contributed by atoms with E-state index in [1.807, 2.05) is 13.8 Å². The van der Waals surface area contributed by atoms with Crippen LogP contribution in [-0.4, -0.2) is 67.0 Å². The molecule has 0 aromatic rings. The number of carbonyl (C=O) groups is 2. The first-order valence-electron chi connectivity index (χ1n) is 6.65. The average molecular weight is 306 g/mol. The van der Waals surface area contributed by atoms with Gasteiger partial charge in [0.2, 0.25) is 5.91 Å². The van der Waals surface area contributed by atoms with Crippen LogP contribution in [0.25, 0.3) is 0 Å². The maximum atomic E-state index is 11.9. The van der Waals surface area contributed by atoms with Crippen molar-refractivity contribution in [2.24, 2.45) is 0 Å². The highest BCUT2D eigenvalue weighted by Crippen LogP contribution is 2.11. The summed E-state index contributed by atoms with van der Waals surface area (Å²) in [7, 11) is -3.01. The number of hydrogen-bond donors (Lipinski definition) is 2. The number of carboxylic acids is 1. The van der Waals surface area contributed by atoms with Crippen LogP contribution in [0.3, 0.4) is 0 Å². The molecular formula is C12H22N2O5S. The Bertz CT molecular complexity index is 460. The molecule has 0 aromatic carbocycles. The molecule has 7 nitrogen and oxygen atoms in total. The molecule has 0 saturated carbocycles. The van der Waals surface area contributed by atoms with E-state index >= 15 is 0 Å². The number of sulfone groups is 1. The second kappa shape index (κ2) is 7.03. The van der Waals surface area contributed by atoms with Gasteiger partial charge in [0.25, 0.3) is 0 Å². The third-order valence-corrected chi connectivity index (χ3v) is 5.06. The molecule has 0 spiro atoms. The maximum Gasteiger partial charge on any atom is 0.304 e. The lowest BCUT2D eigenvalue weighted by molar-refractivity contribution is -0.138. The fraction of sp³-hybridized carbons (Fsp3) is 0.833. The molecule has 20 heavy (non-hydrogen) atoms. The molecule has 8 heteroatoms. The maximum absolute atomic E-state index is 11.9. The molecule has 116 valence electrons. The lowest BCUT2D eigenvalue weighted by Gasteiger charge is -2.25. The Kier molecular flexibility index (Phi) is 5.94. The van der Waals surface area contributed by atoms with Crippen molar-refractivity contribution in [3.8, 4) is 0 Å². The van der Waals surface area contributed by atoms with Crippen molar-refractivity contribution in [3.63, 3.8) is 0 Å². The number of rotatable bonds is 7. The first-order valence-corrected chi connectivity index (χ1v) is 8.47. The summed E-state index contributed by atoms with van der Waals surface area (Å²) in [4.78, 5) is 24.2. The third kappa shape index (κ3) is 5.87. The zero-order valence-electron chi connectivity index (χ0n) is 11.8. The van der Waals surface area contributed by atoms with Crippen molar-refractivity contribution < 1.29 is 23.1 Å². The highest BCUT2D eigenvalue weighted by Gasteiger charge is 2.29. The lowest BCUT2D eigenvalue weighted by Crippen LogP contribution is -2.45. The number of carbonyl (C=O) groups excluding carboxylic acids is 1. The van der Waals surface area contributed by atoms with Gasteiger partial charge in [-0.15, -0.1) is 0 Å². The van der Waals surface area contributed by atoms with Crippen molar-refractivity contribution in [1.29, 1.82) is 0 Å². The number of hydrogen-bond acceptors (Lipinski definition) is 5. The number of carboxylic acid groups (broad SMARTS) is 1. The van der Waals surface area contributed by atoms with Gasteiger partial charge in [-0.25, -0.2) is 8.42 Å². The highest BCUT2D eigenvalue weighted by molar-refractivity contribution is 7.91. The van der Waals surface area contributed by atoms with Crippen LogP contribution in [0, 0.1) is 0 Å². The minimum absolute atomic E-state index is 0.00442. The van der Waals surface area contributed by atoms with Crippen molar-refractivity contribution in [2.45, 2.75) is 38.8 Å². The zero-order valence-corrected chi connectivity index (χ0v) is 12.6. The summed E-state index contributed by atoms with van der Waals surface area (Å²) in [6.07, 6.45) is 0.425. The van der Waals surface area contributed by atoms with Crippen molar-refractivity contribution in [3.05, 3.63) is 0 Å². The van der Waals surface area contributed by atoms with Crippen LogP contribution in [0.5, 0.6) is 0 Å². The fourth-order valence-electron chi connectivity index (χ4n) is 2.13. The van der Waals surface area contributed by atoms with Crippen molar-refractivity contribution in [1.82, 2.24) is 10.2 Å². The Morgan fingerprint density at radius 2 is 2.05 bits per heavy atom. The smallest absolute Gasteiger partial charge is 0.304 e. The molecular weight excluding hydrogens is 284 g/mol. The topological polar surface area (TPSA) is 104 Å². The molecule has 2 N–H and O–H groups in total. The van der Waals surface area contributed by atoms with Gasteiger partial charge in [-0.1, -0.05) is 0 Å². The molecule has 0 bridgehead atoms. The standard InChI is InChI=1S/C12H22N2O5S/c1-9(2)14(5-3-12(16)17)7-11(15)13-10-4-6-20(18,19)8-10/h9-10H,3-8H2,1-2H3,(H,13,15)(H,16,17). The Labute approximate surface area is 119 Å². The van der Waals surface area contributed by atoms with E-state index in [0.29, 0.717) is 13.0 Å². The van der Waals surface area contributed by atoms with Gasteiger partial charge in [0, 0.05) is 18.6 Å². The van der Waals surface area contributed by atoms with E-state index in [1.54, 1.807) is 4.90 Å². The summed E-state index contributed by atoms with van der Waals surface area (Å²) in [6.45, 7) is 4.15. The summed E-state index contributed by atoms with van der Waals surface area (Å²) in [5.41, 5.74) is 0. The summed E-state index contributed by atoms with van der Waals surface area (Å²) in [5, 5.41) is 11.4. The predicted molar refractivity (Wildman–Crippen MR) is 74.2 cm³/mol. The van der Waals surface area contributed by atoms with Gasteiger partial charge in [-0.2, -0.15) is 0 Å². The molecule has 1 rings (SSSR count). The van der Waals surface area contributed by atoms with Crippen LogP contribution >= 0.6 is 0 Å². The van der Waals surface area contributed by atoms with E-state index in [4.69, 9.17) is 5.11 Å². The van der Waals surface area contributed by atoms with Crippen LogP contribution in [0.4, 0.5) is 0 Å². The van der Waals surface area contributed by atoms with Crippen molar-refractivity contribution >= 4 is 21.7 Å². The van der Waals surface area contributed by atoms with Crippen LogP contribution in [0.1, 0.15) is 26.7 Å². The summed E-state index contributed by atoms with van der Waals surface area (Å²) >= 11 is 0. The first-order chi connectivity index (χ1) is 9.19. The van der Waals surface area contributed by atoms with Crippen molar-refractivity contribution in [2.75, 3.05) is 24.6 Å². The predicted octanol–water partition coefficient (Wildman–Crippen LogP) is -0.525. The quantitative estimate of drug-likeness (QED) is 0.655. The van der Waals surface area contributed by atoms with E-state index in [1.165, 1.54) is 0 Å². The minimum Gasteiger partial charge on any atom is -0.481 e. The largest absolute Gasteiger partial charge is 0.481 e. The van der Waals surface area contributed by atoms with Gasteiger partial charge in [-0.05, 0) is 20.3 Å². The molecule has 1 amide bonds. The lowest BCUT2D eigenvalue weighted by atomic mass is 10.2. The summed E-state index contributed by atoms with van der Waals surface area (Å²) < 4.78 is 22.6. The average Bonchev–Trinajstić information content (AvgIpc) is 2.63. The van der Waals surface area contributed by atoms with Gasteiger partial charge in [0.15, 0.2) is 9.84 Å². The van der Waals surface area contributed by atoms with E-state index in [-0.39, 0.29) is 42.5 Å². The Hall–Kier alpha value is -1.15. The van der Waals surface area contributed by atoms with Gasteiger partial charge < -0.3 is 10.4 Å². The summed E-state index contributed by atoms with van der Waals surface area (Å²) in [6, 6.07) is -0.270. The first kappa shape index (κ1) is 16.9. The monoisotopic (exact) mass is 306 g/mol. The number of nitrogens with zero attached hydrogens (tertiary/aromatic N) is 1. The molecule has 1 aliphatic rings. The molecule has 0 radical (unpaired) electrons. The van der Waals surface area contributed by atoms with E-state index in [9.17, 15) is 18.0 Å². The number of nitrogens with one attached hydrogen (secondary N) is 1. The normalized spacial score (nSPS) is 21.3. The van der Waals surface area contributed by atoms with Gasteiger partial charge in [-0.3, -0.25) is 14.5 Å². The second-order valence-electron chi connectivity index (χ2n) is 5.38. The number of aliphatic carboxylic acids is 1. The third-order valence-electron chi connectivity index (χ3n) is 3.29. The molecule has 1 atom stereocenters. The van der Waals surface area contributed by atoms with Gasteiger partial charge in [0.1, 0.15) is 0 Å². The minimum atomic E-state index is -3.01. The second-order valence-corrected chi connectivity index (χ2v) is 7.60. The summed E-state index contributed by atoms with van der Waals surface area (Å²) in [5.74, 6) is -1.05. The molecule has 1 saturated heterocycles. The Balaban J connectivity index is 2.44. The van der Waals surface area contributed by atoms with Crippen LogP contribution in [0.2, 0.25) is 0 Å².